The van der Waals surface area contributed by atoms with Crippen molar-refractivity contribution in [2.45, 2.75) is 0 Å². The summed E-state index contributed by atoms with van der Waals surface area (Å²) in [6, 6.07) is 12.7. The van der Waals surface area contributed by atoms with Crippen LogP contribution in [0.5, 0.6) is 0 Å². The molecule has 0 atom stereocenters. The molecule has 7 heteroatoms. The van der Waals surface area contributed by atoms with Crippen LogP contribution >= 0.6 is 23.2 Å². The lowest BCUT2D eigenvalue weighted by Crippen LogP contribution is -2.02. The molecule has 0 saturated carbocycles. The van der Waals surface area contributed by atoms with Crippen molar-refractivity contribution in [2.24, 2.45) is 0 Å². The van der Waals surface area contributed by atoms with Crippen molar-refractivity contribution >= 4 is 40.7 Å². The molecule has 0 unspecified atom stereocenters. The van der Waals surface area contributed by atoms with Gasteiger partial charge in [-0.05, 0) is 30.3 Å². The summed E-state index contributed by atoms with van der Waals surface area (Å²) in [5, 5.41) is 7.24. The average Bonchev–Trinajstić information content (AvgIpc) is 2.58. The Balaban J connectivity index is 2.00. The van der Waals surface area contributed by atoms with E-state index in [0.29, 0.717) is 33.2 Å². The van der Waals surface area contributed by atoms with E-state index < -0.39 is 0 Å². The van der Waals surface area contributed by atoms with Crippen LogP contribution in [0.2, 0.25) is 10.0 Å². The molecular weight excluding hydrogens is 333 g/mol. The molecule has 0 spiro atoms. The summed E-state index contributed by atoms with van der Waals surface area (Å²) in [5.74, 6) is 1.07. The van der Waals surface area contributed by atoms with Gasteiger partial charge in [-0.15, -0.1) is 0 Å². The first kappa shape index (κ1) is 15.5. The summed E-state index contributed by atoms with van der Waals surface area (Å²) in [4.78, 5) is 13.1. The van der Waals surface area contributed by atoms with Gasteiger partial charge in [-0.3, -0.25) is 4.98 Å². The third-order valence-corrected chi connectivity index (χ3v) is 3.63. The second kappa shape index (κ2) is 6.81. The molecule has 0 aliphatic heterocycles. The molecule has 0 aliphatic rings. The topological polar surface area (TPSA) is 62.7 Å². The highest BCUT2D eigenvalue weighted by atomic mass is 35.5. The first-order chi connectivity index (χ1) is 11.2. The van der Waals surface area contributed by atoms with Crippen molar-refractivity contribution in [1.82, 2.24) is 15.0 Å². The van der Waals surface area contributed by atoms with Gasteiger partial charge in [0.2, 0.25) is 5.95 Å². The normalized spacial score (nSPS) is 10.4. The minimum atomic E-state index is 0.480. The molecule has 0 bridgehead atoms. The minimum absolute atomic E-state index is 0.480. The van der Waals surface area contributed by atoms with Crippen LogP contribution in [0.25, 0.3) is 11.4 Å². The molecule has 116 valence electrons. The van der Waals surface area contributed by atoms with Crippen LogP contribution < -0.4 is 10.6 Å². The molecule has 0 amide bonds. The fraction of sp³-hybridized carbons (Fsp3) is 0.0625. The van der Waals surface area contributed by atoms with Gasteiger partial charge in [-0.25, -0.2) is 4.98 Å². The van der Waals surface area contributed by atoms with E-state index in [2.05, 4.69) is 25.6 Å². The first-order valence-electron chi connectivity index (χ1n) is 6.86. The summed E-state index contributed by atoms with van der Waals surface area (Å²) in [6.07, 6.45) is 1.72. The lowest BCUT2D eigenvalue weighted by molar-refractivity contribution is 1.14. The molecule has 0 aliphatic carbocycles. The quantitative estimate of drug-likeness (QED) is 0.721. The van der Waals surface area contributed by atoms with Crippen molar-refractivity contribution in [3.63, 3.8) is 0 Å². The van der Waals surface area contributed by atoms with Crippen LogP contribution in [-0.2, 0) is 0 Å². The van der Waals surface area contributed by atoms with Gasteiger partial charge >= 0.3 is 0 Å². The van der Waals surface area contributed by atoms with E-state index in [4.69, 9.17) is 23.2 Å². The molecule has 0 saturated heterocycles. The van der Waals surface area contributed by atoms with E-state index in [0.717, 1.165) is 5.69 Å². The Hall–Kier alpha value is -2.37. The zero-order valence-electron chi connectivity index (χ0n) is 12.2. The van der Waals surface area contributed by atoms with E-state index in [-0.39, 0.29) is 0 Å². The average molecular weight is 346 g/mol. The van der Waals surface area contributed by atoms with Crippen LogP contribution in [0.4, 0.5) is 17.5 Å². The molecular formula is C16H13Cl2N5. The predicted octanol–water partition coefficient (Wildman–Crippen LogP) is 4.63. The summed E-state index contributed by atoms with van der Waals surface area (Å²) in [6.45, 7) is 0. The van der Waals surface area contributed by atoms with Crippen LogP contribution in [0.1, 0.15) is 0 Å². The standard InChI is InChI=1S/C16H13Cl2N5/c1-19-16-22-14(12-4-2-3-7-20-12)9-15(23-16)21-13-8-10(17)5-6-11(13)18/h2-9H,1H3,(H2,19,21,22,23). The molecule has 0 radical (unpaired) electrons. The monoisotopic (exact) mass is 345 g/mol. The second-order valence-corrected chi connectivity index (χ2v) is 5.52. The van der Waals surface area contributed by atoms with Gasteiger partial charge in [0.05, 0.1) is 22.1 Å². The van der Waals surface area contributed by atoms with E-state index >= 15 is 0 Å². The van der Waals surface area contributed by atoms with Crippen LogP contribution in [-0.4, -0.2) is 22.0 Å². The van der Waals surface area contributed by atoms with Crippen molar-refractivity contribution in [1.29, 1.82) is 0 Å². The molecule has 2 aromatic heterocycles. The lowest BCUT2D eigenvalue weighted by Gasteiger charge is -2.11. The van der Waals surface area contributed by atoms with Gasteiger partial charge in [-0.2, -0.15) is 4.98 Å². The molecule has 5 nitrogen and oxygen atoms in total. The number of aromatic nitrogens is 3. The van der Waals surface area contributed by atoms with E-state index in [9.17, 15) is 0 Å². The van der Waals surface area contributed by atoms with Gasteiger partial charge < -0.3 is 10.6 Å². The summed E-state index contributed by atoms with van der Waals surface area (Å²) >= 11 is 12.2. The molecule has 23 heavy (non-hydrogen) atoms. The molecule has 1 aromatic carbocycles. The number of benzene rings is 1. The molecule has 3 aromatic rings. The van der Waals surface area contributed by atoms with Gasteiger partial charge in [0, 0.05) is 24.3 Å². The van der Waals surface area contributed by atoms with Crippen LogP contribution in [0.3, 0.4) is 0 Å². The third kappa shape index (κ3) is 3.70. The molecule has 3 rings (SSSR count). The maximum atomic E-state index is 6.18. The van der Waals surface area contributed by atoms with Crippen molar-refractivity contribution < 1.29 is 0 Å². The smallest absolute Gasteiger partial charge is 0.225 e. The zero-order chi connectivity index (χ0) is 16.2. The zero-order valence-corrected chi connectivity index (χ0v) is 13.7. The van der Waals surface area contributed by atoms with Crippen molar-refractivity contribution in [2.75, 3.05) is 17.7 Å². The number of nitrogens with one attached hydrogen (secondary N) is 2. The first-order valence-corrected chi connectivity index (χ1v) is 7.61. The van der Waals surface area contributed by atoms with Gasteiger partial charge in [0.1, 0.15) is 5.82 Å². The second-order valence-electron chi connectivity index (χ2n) is 4.68. The summed E-state index contributed by atoms with van der Waals surface area (Å²) in [5.41, 5.74) is 2.13. The molecule has 2 N–H and O–H groups in total. The highest BCUT2D eigenvalue weighted by molar-refractivity contribution is 6.35. The number of hydrogen-bond donors (Lipinski definition) is 2. The van der Waals surface area contributed by atoms with E-state index in [1.165, 1.54) is 0 Å². The Morgan fingerprint density at radius 2 is 1.83 bits per heavy atom. The summed E-state index contributed by atoms with van der Waals surface area (Å²) in [7, 11) is 1.76. The minimum Gasteiger partial charge on any atom is -0.357 e. The Bertz CT molecular complexity index is 824. The third-order valence-electron chi connectivity index (χ3n) is 3.07. The number of anilines is 3. The molecule has 2 heterocycles. The highest BCUT2D eigenvalue weighted by Crippen LogP contribution is 2.29. The highest BCUT2D eigenvalue weighted by Gasteiger charge is 2.09. The number of hydrogen-bond acceptors (Lipinski definition) is 5. The number of rotatable bonds is 4. The largest absolute Gasteiger partial charge is 0.357 e. The van der Waals surface area contributed by atoms with Crippen molar-refractivity contribution in [3.8, 4) is 11.4 Å². The lowest BCUT2D eigenvalue weighted by atomic mass is 10.2. The number of nitrogens with zero attached hydrogens (tertiary/aromatic N) is 3. The summed E-state index contributed by atoms with van der Waals surface area (Å²) < 4.78 is 0. The maximum absolute atomic E-state index is 6.18. The Morgan fingerprint density at radius 3 is 2.57 bits per heavy atom. The fourth-order valence-electron chi connectivity index (χ4n) is 2.00. The Morgan fingerprint density at radius 1 is 0.957 bits per heavy atom. The van der Waals surface area contributed by atoms with E-state index in [1.807, 2.05) is 18.2 Å². The SMILES string of the molecule is CNc1nc(Nc2cc(Cl)ccc2Cl)cc(-c2ccccn2)n1. The van der Waals surface area contributed by atoms with Crippen LogP contribution in [0.15, 0.2) is 48.7 Å². The van der Waals surface area contributed by atoms with Gasteiger partial charge in [0.15, 0.2) is 0 Å². The number of halogens is 2. The maximum Gasteiger partial charge on any atom is 0.225 e. The molecule has 0 fully saturated rings. The van der Waals surface area contributed by atoms with E-state index in [1.54, 1.807) is 37.5 Å². The fourth-order valence-corrected chi connectivity index (χ4v) is 2.34. The predicted molar refractivity (Wildman–Crippen MR) is 94.6 cm³/mol. The Kier molecular flexibility index (Phi) is 4.60. The van der Waals surface area contributed by atoms with Crippen molar-refractivity contribution in [3.05, 3.63) is 58.7 Å². The van der Waals surface area contributed by atoms with Gasteiger partial charge in [-0.1, -0.05) is 29.3 Å². The van der Waals surface area contributed by atoms with Crippen LogP contribution in [0, 0.1) is 0 Å². The number of pyridine rings is 1. The Labute approximate surface area is 143 Å². The van der Waals surface area contributed by atoms with Gasteiger partial charge in [0.25, 0.3) is 0 Å².